The van der Waals surface area contributed by atoms with Gasteiger partial charge >= 0.3 is 0 Å². The minimum Gasteiger partial charge on any atom is -0.497 e. The number of anilines is 1. The number of carbonyl (C=O) groups is 1. The minimum absolute atomic E-state index is 0.206. The van der Waals surface area contributed by atoms with Gasteiger partial charge in [-0.2, -0.15) is 5.10 Å². The molecule has 1 aliphatic carbocycles. The molecule has 2 saturated heterocycles. The number of hydrogen-bond acceptors (Lipinski definition) is 18. The zero-order valence-electron chi connectivity index (χ0n) is 57.9. The van der Waals surface area contributed by atoms with Crippen molar-refractivity contribution in [3.63, 3.8) is 0 Å². The highest BCUT2D eigenvalue weighted by atomic mass is 35.5. The molecule has 20 nitrogen and oxygen atoms in total. The van der Waals surface area contributed by atoms with Gasteiger partial charge in [-0.3, -0.25) is 14.6 Å². The number of piperazine rings is 1. The van der Waals surface area contributed by atoms with Gasteiger partial charge in [0.2, 0.25) is 6.41 Å². The normalized spacial score (nSPS) is 16.2. The second kappa shape index (κ2) is 43.1. The quantitative estimate of drug-likeness (QED) is 0.0143. The molecular weight excluding hydrogens is 1280 g/mol. The number of amides is 1. The molecule has 2 aromatic heterocycles. The number of ether oxygens (including phenoxy) is 6. The largest absolute Gasteiger partial charge is 0.497 e. The second-order valence-corrected chi connectivity index (χ2v) is 25.0. The van der Waals surface area contributed by atoms with E-state index in [-0.39, 0.29) is 12.1 Å². The Hall–Kier alpha value is -7.47. The molecule has 2 aliphatic heterocycles. The lowest BCUT2D eigenvalue weighted by molar-refractivity contribution is -0.121. The number of likely N-dealkylation sites (tertiary alicyclic amines) is 1. The van der Waals surface area contributed by atoms with Crippen LogP contribution in [0.4, 0.5) is 5.82 Å². The van der Waals surface area contributed by atoms with Crippen molar-refractivity contribution in [3.05, 3.63) is 190 Å². The van der Waals surface area contributed by atoms with Crippen LogP contribution in [0.1, 0.15) is 98.2 Å². The SMILES string of the molecule is CC.CN(CCCNc1nc(CN2CCN(C(c3ccc(Cl)cc3)C3C=CC(Cl)=CC3)CC2)nc2ccccc12)CCOCCOCCOCCOCCn1cc(COCCCc2ccc(C3CCCCN3C=O)cc2)nn1.CN/N=C(\C=N)c1ccc(-c2ccc(OC)cc2)cc1. The number of hydrazone groups is 1. The summed E-state index contributed by atoms with van der Waals surface area (Å²) in [6.07, 6.45) is 17.6. The van der Waals surface area contributed by atoms with Crippen molar-refractivity contribution in [1.29, 1.82) is 5.41 Å². The van der Waals surface area contributed by atoms with Gasteiger partial charge in [-0.25, -0.2) is 14.6 Å². The number of nitrogens with zero attached hydrogens (tertiary/aromatic N) is 10. The van der Waals surface area contributed by atoms with Gasteiger partial charge in [-0.05, 0) is 129 Å². The molecule has 526 valence electrons. The predicted octanol–water partition coefficient (Wildman–Crippen LogP) is 12.7. The maximum atomic E-state index is 11.5. The predicted molar refractivity (Wildman–Crippen MR) is 394 cm³/mol. The standard InChI is InChI=1S/C58H78Cl2N10O6.C16H17N3O.C2H6/c1-66(25-7-24-61-58-53-9-2-3-10-54(53)62-56(63-58)43-67-27-29-68(30-28-67)57(48-16-20-50(59)21-17-48)49-18-22-51(60)23-19-49)31-34-72-36-38-74-40-41-75-39-37-73-35-32-70-42-52(64-65-70)44-76-33-6-8-46-12-14-47(15-13-46)55-11-4-5-26-69(55)45-71;1-18-19-16(11-17)14-5-3-12(4-6-14)13-7-9-15(20-2)10-8-13;1-2/h2-3,9-10,12-18,20-23,42,45,49,55,57H,4-8,11,19,24-41,43-44H2,1H3,(H,61,62,63);3-11,17-18H,1-2H3;1-2H3/b;17-11?,19-16+;. The van der Waals surface area contributed by atoms with E-state index in [2.05, 4.69) is 109 Å². The van der Waals surface area contributed by atoms with Gasteiger partial charge < -0.3 is 54.4 Å². The first-order valence-electron chi connectivity index (χ1n) is 34.7. The van der Waals surface area contributed by atoms with Crippen LogP contribution >= 0.6 is 23.2 Å². The summed E-state index contributed by atoms with van der Waals surface area (Å²) in [4.78, 5) is 30.8. The highest BCUT2D eigenvalue weighted by molar-refractivity contribution is 6.37. The first-order valence-corrected chi connectivity index (χ1v) is 35.4. The number of para-hydroxylation sites is 1. The molecule has 2 fully saturated rings. The van der Waals surface area contributed by atoms with Crippen molar-refractivity contribution >= 4 is 58.3 Å². The third-order valence-electron chi connectivity index (χ3n) is 17.3. The topological polar surface area (TPSA) is 202 Å². The third kappa shape index (κ3) is 25.1. The Morgan fingerprint density at radius 1 is 0.765 bits per heavy atom. The maximum absolute atomic E-state index is 11.5. The molecule has 10 rings (SSSR count). The summed E-state index contributed by atoms with van der Waals surface area (Å²) in [6, 6.07) is 41.6. The van der Waals surface area contributed by atoms with Crippen LogP contribution in [0, 0.1) is 11.3 Å². The van der Waals surface area contributed by atoms with Crippen molar-refractivity contribution in [1.82, 2.24) is 50.0 Å². The average Bonchev–Trinajstić information content (AvgIpc) is 0.949. The lowest BCUT2D eigenvalue weighted by Crippen LogP contribution is -2.48. The number of aromatic nitrogens is 5. The van der Waals surface area contributed by atoms with Crippen LogP contribution in [0.5, 0.6) is 5.75 Å². The van der Waals surface area contributed by atoms with Crippen molar-refractivity contribution in [2.24, 2.45) is 11.0 Å². The number of fused-ring (bicyclic) bond motifs is 1. The molecule has 3 atom stereocenters. The van der Waals surface area contributed by atoms with Crippen LogP contribution in [0.2, 0.25) is 5.02 Å². The Morgan fingerprint density at radius 2 is 1.46 bits per heavy atom. The summed E-state index contributed by atoms with van der Waals surface area (Å²) in [5.74, 6) is 2.93. The number of aryl methyl sites for hydroxylation is 1. The molecule has 1 amide bonds. The fraction of sp³-hybridized carbons (Fsp3) is 0.461. The molecule has 98 heavy (non-hydrogen) atoms. The van der Waals surface area contributed by atoms with E-state index in [4.69, 9.17) is 67.0 Å². The van der Waals surface area contributed by atoms with Crippen molar-refractivity contribution in [2.75, 3.05) is 138 Å². The summed E-state index contributed by atoms with van der Waals surface area (Å²) in [5.41, 5.74) is 12.0. The first kappa shape index (κ1) is 76.3. The smallest absolute Gasteiger partial charge is 0.210 e. The van der Waals surface area contributed by atoms with E-state index in [1.807, 2.05) is 104 Å². The fourth-order valence-electron chi connectivity index (χ4n) is 12.1. The van der Waals surface area contributed by atoms with E-state index in [0.29, 0.717) is 90.8 Å². The summed E-state index contributed by atoms with van der Waals surface area (Å²) >= 11 is 12.6. The van der Waals surface area contributed by atoms with E-state index in [1.165, 1.54) is 29.3 Å². The Bertz CT molecular complexity index is 3520. The minimum atomic E-state index is 0.206. The van der Waals surface area contributed by atoms with Gasteiger partial charge in [0.1, 0.15) is 28.8 Å². The number of hydrogen-bond donors (Lipinski definition) is 3. The first-order chi connectivity index (χ1) is 48.2. The summed E-state index contributed by atoms with van der Waals surface area (Å²) in [7, 11) is 5.50. The highest BCUT2D eigenvalue weighted by Crippen LogP contribution is 2.37. The highest BCUT2D eigenvalue weighted by Gasteiger charge is 2.31. The number of methoxy groups -OCH3 is 1. The number of allylic oxidation sites excluding steroid dienone is 3. The number of rotatable bonds is 38. The number of benzene rings is 5. The van der Waals surface area contributed by atoms with Crippen molar-refractivity contribution in [2.45, 2.75) is 90.6 Å². The Balaban J connectivity index is 0.000000473. The van der Waals surface area contributed by atoms with E-state index in [0.717, 1.165) is 158 Å². The lowest BCUT2D eigenvalue weighted by Gasteiger charge is -2.42. The lowest BCUT2D eigenvalue weighted by atomic mass is 9.86. The molecule has 0 spiro atoms. The zero-order valence-corrected chi connectivity index (χ0v) is 59.4. The second-order valence-electron chi connectivity index (χ2n) is 24.1. The van der Waals surface area contributed by atoms with Gasteiger partial charge in [0.25, 0.3) is 0 Å². The van der Waals surface area contributed by atoms with Gasteiger partial charge in [-0.15, -0.1) is 5.10 Å². The average molecular weight is 1380 g/mol. The number of piperidine rings is 1. The molecule has 3 aliphatic rings. The summed E-state index contributed by atoms with van der Waals surface area (Å²) < 4.78 is 35.7. The molecule has 5 aromatic carbocycles. The van der Waals surface area contributed by atoms with Gasteiger partial charge in [-0.1, -0.05) is 139 Å². The molecule has 4 heterocycles. The fourth-order valence-corrected chi connectivity index (χ4v) is 12.4. The van der Waals surface area contributed by atoms with Crippen molar-refractivity contribution < 1.29 is 33.2 Å². The Labute approximate surface area is 590 Å². The van der Waals surface area contributed by atoms with E-state index < -0.39 is 0 Å². The van der Waals surface area contributed by atoms with Gasteiger partial charge in [0.15, 0.2) is 0 Å². The number of nitrogens with one attached hydrogen (secondary N) is 3. The molecule has 7 aromatic rings. The van der Waals surface area contributed by atoms with Crippen LogP contribution in [0.3, 0.4) is 0 Å². The van der Waals surface area contributed by atoms with Gasteiger partial charge in [0, 0.05) is 98.6 Å². The number of halogens is 2. The van der Waals surface area contributed by atoms with E-state index in [9.17, 15) is 4.79 Å². The summed E-state index contributed by atoms with van der Waals surface area (Å²) in [6.45, 7) is 17.8. The molecule has 22 heteroatoms. The zero-order chi connectivity index (χ0) is 68.9. The molecule has 0 bridgehead atoms. The summed E-state index contributed by atoms with van der Waals surface area (Å²) in [5, 5.41) is 26.1. The molecule has 0 radical (unpaired) electrons. The molecular formula is C76H101Cl2N13O7. The van der Waals surface area contributed by atoms with Gasteiger partial charge in [0.05, 0.1) is 97.4 Å². The van der Waals surface area contributed by atoms with Crippen LogP contribution in [-0.4, -0.2) is 196 Å². The maximum Gasteiger partial charge on any atom is 0.210 e. The van der Waals surface area contributed by atoms with Crippen molar-refractivity contribution in [3.8, 4) is 16.9 Å². The van der Waals surface area contributed by atoms with Crippen LogP contribution in [-0.2, 0) is 54.6 Å². The third-order valence-corrected chi connectivity index (χ3v) is 17.9. The van der Waals surface area contributed by atoms with Crippen LogP contribution < -0.4 is 15.5 Å². The monoisotopic (exact) mass is 1380 g/mol. The van der Waals surface area contributed by atoms with E-state index >= 15 is 0 Å². The number of likely N-dealkylation sites (N-methyl/N-ethyl adjacent to an activating group) is 1. The number of carbonyl (C=O) groups excluding carboxylic acids is 1. The Morgan fingerprint density at radius 3 is 2.13 bits per heavy atom. The molecule has 0 saturated carbocycles. The molecule has 3 unspecified atom stereocenters. The van der Waals surface area contributed by atoms with Crippen LogP contribution in [0.25, 0.3) is 22.0 Å². The van der Waals surface area contributed by atoms with Crippen LogP contribution in [0.15, 0.2) is 156 Å². The van der Waals surface area contributed by atoms with E-state index in [1.54, 1.807) is 18.8 Å². The molecule has 3 N–H and O–H groups in total. The Kier molecular flexibility index (Phi) is 33.6.